The molecule has 10 rings (SSSR count). The van der Waals surface area contributed by atoms with Crippen molar-refractivity contribution < 1.29 is 0 Å². The van der Waals surface area contributed by atoms with E-state index >= 15 is 0 Å². The molecule has 8 aromatic carbocycles. The Morgan fingerprint density at radius 1 is 0.300 bits per heavy atom. The van der Waals surface area contributed by atoms with E-state index in [4.69, 9.17) is 0 Å². The van der Waals surface area contributed by atoms with Crippen molar-refractivity contribution in [3.05, 3.63) is 194 Å². The lowest BCUT2D eigenvalue weighted by Crippen LogP contribution is -1.99. The summed E-state index contributed by atoms with van der Waals surface area (Å²) < 4.78 is 4.87. The fourth-order valence-corrected chi connectivity index (χ4v) is 8.03. The summed E-state index contributed by atoms with van der Waals surface area (Å²) in [6.07, 6.45) is 0. The number of aromatic nitrogens is 2. The van der Waals surface area contributed by atoms with Crippen molar-refractivity contribution in [2.24, 2.45) is 0 Å². The number of fused-ring (bicyclic) bond motifs is 6. The van der Waals surface area contributed by atoms with Gasteiger partial charge in [-0.1, -0.05) is 152 Å². The standard InChI is InChI=1S/C48H32N2/c1-3-16-33(17-4-1)37-25-14-30-45(47(37)34-18-5-2-6-19-34)50-44-29-12-9-24-41(44)48-38(26-15-31-46(48)50)35-20-13-21-36(32-35)49-42-27-10-7-22-39(42)40-23-8-11-28-43(40)49/h1-32H. The summed E-state index contributed by atoms with van der Waals surface area (Å²) >= 11 is 0. The second-order valence-electron chi connectivity index (χ2n) is 12.9. The third-order valence-corrected chi connectivity index (χ3v) is 10.1. The summed E-state index contributed by atoms with van der Waals surface area (Å²) in [4.78, 5) is 0. The van der Waals surface area contributed by atoms with Crippen LogP contribution in [0.1, 0.15) is 0 Å². The van der Waals surface area contributed by atoms with Gasteiger partial charge in [0.25, 0.3) is 0 Å². The highest BCUT2D eigenvalue weighted by Gasteiger charge is 2.21. The molecule has 0 N–H and O–H groups in total. The van der Waals surface area contributed by atoms with Crippen LogP contribution in [0.15, 0.2) is 194 Å². The van der Waals surface area contributed by atoms with Crippen LogP contribution in [0.2, 0.25) is 0 Å². The first-order valence-electron chi connectivity index (χ1n) is 17.2. The average Bonchev–Trinajstić information content (AvgIpc) is 3.71. The summed E-state index contributed by atoms with van der Waals surface area (Å²) in [7, 11) is 0. The SMILES string of the molecule is c1ccc(-c2cccc(-n3c4ccccc4c4c(-c5cccc(-n6c7ccccc7c7ccccc76)c5)cccc43)c2-c2ccccc2)cc1. The smallest absolute Gasteiger partial charge is 0.0547 e. The highest BCUT2D eigenvalue weighted by molar-refractivity contribution is 6.16. The van der Waals surface area contributed by atoms with Gasteiger partial charge in [0.15, 0.2) is 0 Å². The van der Waals surface area contributed by atoms with Crippen molar-refractivity contribution in [2.75, 3.05) is 0 Å². The lowest BCUT2D eigenvalue weighted by Gasteiger charge is -2.18. The molecule has 0 aliphatic carbocycles. The number of hydrogen-bond donors (Lipinski definition) is 0. The molecule has 0 saturated carbocycles. The maximum atomic E-state index is 2.47. The van der Waals surface area contributed by atoms with E-state index in [1.54, 1.807) is 0 Å². The summed E-state index contributed by atoms with van der Waals surface area (Å²) in [6, 6.07) is 70.4. The van der Waals surface area contributed by atoms with E-state index in [1.165, 1.54) is 82.7 Å². The van der Waals surface area contributed by atoms with Crippen LogP contribution in [0.4, 0.5) is 0 Å². The predicted molar refractivity (Wildman–Crippen MR) is 211 cm³/mol. The maximum Gasteiger partial charge on any atom is 0.0547 e. The zero-order chi connectivity index (χ0) is 33.0. The van der Waals surface area contributed by atoms with E-state index in [0.717, 1.165) is 5.69 Å². The Balaban J connectivity index is 1.24. The number of para-hydroxylation sites is 3. The van der Waals surface area contributed by atoms with Gasteiger partial charge >= 0.3 is 0 Å². The largest absolute Gasteiger partial charge is 0.309 e. The molecule has 0 unspecified atom stereocenters. The first-order chi connectivity index (χ1) is 24.8. The van der Waals surface area contributed by atoms with Gasteiger partial charge in [-0.3, -0.25) is 0 Å². The molecule has 0 bridgehead atoms. The number of rotatable bonds is 5. The van der Waals surface area contributed by atoms with Gasteiger partial charge in [-0.15, -0.1) is 0 Å². The van der Waals surface area contributed by atoms with E-state index in [-0.39, 0.29) is 0 Å². The van der Waals surface area contributed by atoms with Crippen LogP contribution in [0, 0.1) is 0 Å². The Labute approximate surface area is 290 Å². The third kappa shape index (κ3) is 4.36. The van der Waals surface area contributed by atoms with E-state index < -0.39 is 0 Å². The zero-order valence-corrected chi connectivity index (χ0v) is 27.4. The van der Waals surface area contributed by atoms with Crippen molar-refractivity contribution in [2.45, 2.75) is 0 Å². The van der Waals surface area contributed by atoms with Crippen LogP contribution in [0.25, 0.3) is 88.4 Å². The van der Waals surface area contributed by atoms with Gasteiger partial charge in [0.2, 0.25) is 0 Å². The maximum absolute atomic E-state index is 2.47. The molecule has 0 amide bonds. The highest BCUT2D eigenvalue weighted by atomic mass is 15.0. The lowest BCUT2D eigenvalue weighted by molar-refractivity contribution is 1.18. The molecule has 0 fully saturated rings. The van der Waals surface area contributed by atoms with Gasteiger partial charge in [0.05, 0.1) is 27.8 Å². The minimum absolute atomic E-state index is 1.16. The van der Waals surface area contributed by atoms with Gasteiger partial charge in [-0.25, -0.2) is 0 Å². The molecule has 2 heterocycles. The second-order valence-corrected chi connectivity index (χ2v) is 12.9. The highest BCUT2D eigenvalue weighted by Crippen LogP contribution is 2.43. The Bertz CT molecular complexity index is 2800. The number of benzene rings is 8. The van der Waals surface area contributed by atoms with Crippen molar-refractivity contribution >= 4 is 43.6 Å². The summed E-state index contributed by atoms with van der Waals surface area (Å²) in [6.45, 7) is 0. The minimum Gasteiger partial charge on any atom is -0.309 e. The topological polar surface area (TPSA) is 9.86 Å². The first kappa shape index (κ1) is 28.4. The minimum atomic E-state index is 1.16. The zero-order valence-electron chi connectivity index (χ0n) is 27.4. The van der Waals surface area contributed by atoms with Crippen LogP contribution in [-0.2, 0) is 0 Å². The van der Waals surface area contributed by atoms with Gasteiger partial charge in [-0.2, -0.15) is 0 Å². The van der Waals surface area contributed by atoms with E-state index in [1.807, 2.05) is 0 Å². The fraction of sp³-hybridized carbons (Fsp3) is 0. The molecule has 0 radical (unpaired) electrons. The second kappa shape index (κ2) is 11.5. The number of nitrogens with zero attached hydrogens (tertiary/aromatic N) is 2. The van der Waals surface area contributed by atoms with E-state index in [9.17, 15) is 0 Å². The van der Waals surface area contributed by atoms with Crippen molar-refractivity contribution in [1.82, 2.24) is 9.13 Å². The Morgan fingerprint density at radius 3 is 1.50 bits per heavy atom. The molecule has 2 heteroatoms. The van der Waals surface area contributed by atoms with Crippen molar-refractivity contribution in [3.63, 3.8) is 0 Å². The first-order valence-corrected chi connectivity index (χ1v) is 17.2. The Kier molecular flexibility index (Phi) is 6.53. The van der Waals surface area contributed by atoms with E-state index in [0.29, 0.717) is 0 Å². The monoisotopic (exact) mass is 636 g/mol. The molecule has 234 valence electrons. The predicted octanol–water partition coefficient (Wildman–Crippen LogP) is 12.9. The van der Waals surface area contributed by atoms with Crippen molar-refractivity contribution in [1.29, 1.82) is 0 Å². The lowest BCUT2D eigenvalue weighted by atomic mass is 9.92. The molecular formula is C48H32N2. The molecule has 0 aliphatic heterocycles. The molecule has 0 spiro atoms. The van der Waals surface area contributed by atoms with Crippen LogP contribution in [0.3, 0.4) is 0 Å². The molecule has 2 nitrogen and oxygen atoms in total. The fourth-order valence-electron chi connectivity index (χ4n) is 8.03. The van der Waals surface area contributed by atoms with Crippen LogP contribution >= 0.6 is 0 Å². The Morgan fingerprint density at radius 2 is 0.800 bits per heavy atom. The molecular weight excluding hydrogens is 605 g/mol. The van der Waals surface area contributed by atoms with Gasteiger partial charge in [0, 0.05) is 32.8 Å². The van der Waals surface area contributed by atoms with Gasteiger partial charge in [-0.05, 0) is 70.3 Å². The van der Waals surface area contributed by atoms with Crippen molar-refractivity contribution in [3.8, 4) is 44.8 Å². The molecule has 0 saturated heterocycles. The number of hydrogen-bond acceptors (Lipinski definition) is 0. The molecule has 2 aromatic heterocycles. The molecule has 50 heavy (non-hydrogen) atoms. The molecule has 10 aromatic rings. The molecule has 0 atom stereocenters. The quantitative estimate of drug-likeness (QED) is 0.178. The van der Waals surface area contributed by atoms with Crippen LogP contribution in [-0.4, -0.2) is 9.13 Å². The average molecular weight is 637 g/mol. The summed E-state index contributed by atoms with van der Waals surface area (Å²) in [5.74, 6) is 0. The van der Waals surface area contributed by atoms with Crippen LogP contribution < -0.4 is 0 Å². The molecule has 0 aliphatic rings. The van der Waals surface area contributed by atoms with Gasteiger partial charge < -0.3 is 9.13 Å². The Hall–Kier alpha value is -6.64. The summed E-state index contributed by atoms with van der Waals surface area (Å²) in [5.41, 5.74) is 14.4. The van der Waals surface area contributed by atoms with Gasteiger partial charge in [0.1, 0.15) is 0 Å². The van der Waals surface area contributed by atoms with E-state index in [2.05, 4.69) is 203 Å². The summed E-state index contributed by atoms with van der Waals surface area (Å²) in [5, 5.41) is 5.03. The third-order valence-electron chi connectivity index (χ3n) is 10.1. The normalized spacial score (nSPS) is 11.6. The van der Waals surface area contributed by atoms with Crippen LogP contribution in [0.5, 0.6) is 0 Å².